The van der Waals surface area contributed by atoms with Gasteiger partial charge in [-0.15, -0.1) is 0 Å². The van der Waals surface area contributed by atoms with E-state index >= 15 is 0 Å². The van der Waals surface area contributed by atoms with Crippen molar-refractivity contribution in [2.24, 2.45) is 0 Å². The van der Waals surface area contributed by atoms with Crippen LogP contribution in [0.5, 0.6) is 0 Å². The molecular weight excluding hydrogens is 283 g/mol. The topological polar surface area (TPSA) is 80.5 Å². The number of anilines is 1. The van der Waals surface area contributed by atoms with Crippen LogP contribution in [-0.2, 0) is 12.6 Å². The van der Waals surface area contributed by atoms with E-state index in [1.165, 1.54) is 18.3 Å². The lowest BCUT2D eigenvalue weighted by molar-refractivity contribution is -0.141. The van der Waals surface area contributed by atoms with E-state index in [-0.39, 0.29) is 12.0 Å². The van der Waals surface area contributed by atoms with Gasteiger partial charge in [-0.25, -0.2) is 0 Å². The first-order valence-corrected chi connectivity index (χ1v) is 6.05. The van der Waals surface area contributed by atoms with E-state index in [4.69, 9.17) is 5.73 Å². The Balaban J connectivity index is 2.06. The Morgan fingerprint density at radius 2 is 1.90 bits per heavy atom. The van der Waals surface area contributed by atoms with Crippen LogP contribution in [-0.4, -0.2) is 20.2 Å². The molecule has 0 saturated carbocycles. The summed E-state index contributed by atoms with van der Waals surface area (Å²) in [5, 5.41) is 6.69. The van der Waals surface area contributed by atoms with Crippen molar-refractivity contribution in [1.29, 1.82) is 0 Å². The second-order valence-electron chi connectivity index (χ2n) is 4.49. The predicted molar refractivity (Wildman–Crippen MR) is 70.3 cm³/mol. The Morgan fingerprint density at radius 3 is 2.67 bits per heavy atom. The maximum atomic E-state index is 12.9. The van der Waals surface area contributed by atoms with Crippen LogP contribution >= 0.6 is 0 Å². The van der Waals surface area contributed by atoms with Gasteiger partial charge in [-0.2, -0.15) is 18.3 Å². The van der Waals surface area contributed by atoms with E-state index in [1.807, 2.05) is 0 Å². The molecule has 0 bridgehead atoms. The van der Waals surface area contributed by atoms with Gasteiger partial charge >= 0.3 is 6.18 Å². The zero-order chi connectivity index (χ0) is 15.0. The summed E-state index contributed by atoms with van der Waals surface area (Å²) < 4.78 is 38.8. The van der Waals surface area contributed by atoms with Crippen LogP contribution < -0.4 is 5.73 Å². The molecule has 0 saturated heterocycles. The molecule has 0 aromatic carbocycles. The Labute approximate surface area is 117 Å². The van der Waals surface area contributed by atoms with E-state index < -0.39 is 11.9 Å². The minimum Gasteiger partial charge on any atom is -0.397 e. The van der Waals surface area contributed by atoms with Gasteiger partial charge < -0.3 is 5.73 Å². The van der Waals surface area contributed by atoms with E-state index in [1.54, 1.807) is 6.07 Å². The molecule has 3 aromatic rings. The average molecular weight is 293 g/mol. The lowest BCUT2D eigenvalue weighted by atomic mass is 10.1. The van der Waals surface area contributed by atoms with Gasteiger partial charge in [0.15, 0.2) is 0 Å². The van der Waals surface area contributed by atoms with Crippen LogP contribution in [0.2, 0.25) is 0 Å². The lowest BCUT2D eigenvalue weighted by Gasteiger charge is -2.10. The fraction of sp³-hybridized carbons (Fsp3) is 0.154. The standard InChI is InChI=1S/C13H10F3N5/c14-13(15,16)12-7(2-1-4-19-12)6-9-11-10(21-20-9)8(17)3-5-18-11/h1-5H,6H2,(H2,17,18)(H,20,21). The molecule has 0 aliphatic heterocycles. The third-order valence-corrected chi connectivity index (χ3v) is 3.07. The van der Waals surface area contributed by atoms with Gasteiger partial charge in [0.2, 0.25) is 0 Å². The number of hydrogen-bond acceptors (Lipinski definition) is 4. The highest BCUT2D eigenvalue weighted by molar-refractivity contribution is 5.87. The molecule has 5 nitrogen and oxygen atoms in total. The Kier molecular flexibility index (Phi) is 3.00. The number of nitrogens with zero attached hydrogens (tertiary/aromatic N) is 3. The largest absolute Gasteiger partial charge is 0.433 e. The summed E-state index contributed by atoms with van der Waals surface area (Å²) in [7, 11) is 0. The number of nitrogens with one attached hydrogen (secondary N) is 1. The Bertz CT molecular complexity index is 794. The highest BCUT2D eigenvalue weighted by Gasteiger charge is 2.35. The number of hydrogen-bond donors (Lipinski definition) is 2. The number of alkyl halides is 3. The van der Waals surface area contributed by atoms with Crippen molar-refractivity contribution in [3.8, 4) is 0 Å². The van der Waals surface area contributed by atoms with Crippen molar-refractivity contribution in [3.05, 3.63) is 47.5 Å². The van der Waals surface area contributed by atoms with Crippen LogP contribution in [0.4, 0.5) is 18.9 Å². The van der Waals surface area contributed by atoms with Gasteiger partial charge in [0.25, 0.3) is 0 Å². The van der Waals surface area contributed by atoms with Crippen LogP contribution in [0.1, 0.15) is 17.0 Å². The number of pyridine rings is 2. The minimum atomic E-state index is -4.50. The third kappa shape index (κ3) is 2.39. The summed E-state index contributed by atoms with van der Waals surface area (Å²) in [6.07, 6.45) is -1.90. The number of halogens is 3. The molecular formula is C13H10F3N5. The summed E-state index contributed by atoms with van der Waals surface area (Å²) in [5.41, 5.74) is 6.70. The van der Waals surface area contributed by atoms with E-state index in [2.05, 4.69) is 20.2 Å². The zero-order valence-electron chi connectivity index (χ0n) is 10.6. The Morgan fingerprint density at radius 1 is 1.10 bits per heavy atom. The van der Waals surface area contributed by atoms with E-state index in [9.17, 15) is 13.2 Å². The van der Waals surface area contributed by atoms with Crippen molar-refractivity contribution in [2.75, 3.05) is 5.73 Å². The number of nitrogen functional groups attached to an aromatic ring is 1. The number of aromatic nitrogens is 4. The summed E-state index contributed by atoms with van der Waals surface area (Å²) >= 11 is 0. The first-order valence-electron chi connectivity index (χ1n) is 6.05. The summed E-state index contributed by atoms with van der Waals surface area (Å²) in [4.78, 5) is 7.54. The molecule has 3 heterocycles. The van der Waals surface area contributed by atoms with Crippen molar-refractivity contribution >= 4 is 16.7 Å². The first kappa shape index (κ1) is 13.3. The maximum absolute atomic E-state index is 12.9. The number of fused-ring (bicyclic) bond motifs is 1. The lowest BCUT2D eigenvalue weighted by Crippen LogP contribution is -2.12. The molecule has 3 aromatic heterocycles. The minimum absolute atomic E-state index is 0.00433. The highest BCUT2D eigenvalue weighted by Crippen LogP contribution is 2.31. The molecule has 0 aliphatic rings. The molecule has 0 aliphatic carbocycles. The monoisotopic (exact) mass is 293 g/mol. The molecule has 108 valence electrons. The molecule has 0 atom stereocenters. The second-order valence-corrected chi connectivity index (χ2v) is 4.49. The average Bonchev–Trinajstić information content (AvgIpc) is 2.83. The van der Waals surface area contributed by atoms with Crippen molar-refractivity contribution in [1.82, 2.24) is 20.2 Å². The molecule has 0 radical (unpaired) electrons. The summed E-state index contributed by atoms with van der Waals surface area (Å²) in [5.74, 6) is 0. The summed E-state index contributed by atoms with van der Waals surface area (Å²) in [6.45, 7) is 0. The van der Waals surface area contributed by atoms with Crippen LogP contribution in [0.3, 0.4) is 0 Å². The van der Waals surface area contributed by atoms with Crippen molar-refractivity contribution in [3.63, 3.8) is 0 Å². The number of aromatic amines is 1. The number of H-pyrrole nitrogens is 1. The van der Waals surface area contributed by atoms with Gasteiger partial charge in [0, 0.05) is 18.8 Å². The highest BCUT2D eigenvalue weighted by atomic mass is 19.4. The first-order chi connectivity index (χ1) is 9.97. The normalized spacial score (nSPS) is 12.0. The van der Waals surface area contributed by atoms with Crippen molar-refractivity contribution < 1.29 is 13.2 Å². The molecule has 0 fully saturated rings. The maximum Gasteiger partial charge on any atom is 0.433 e. The van der Waals surface area contributed by atoms with E-state index in [0.717, 1.165) is 6.20 Å². The molecule has 3 rings (SSSR count). The molecule has 3 N–H and O–H groups in total. The third-order valence-electron chi connectivity index (χ3n) is 3.07. The quantitative estimate of drug-likeness (QED) is 0.761. The fourth-order valence-electron chi connectivity index (χ4n) is 2.13. The van der Waals surface area contributed by atoms with E-state index in [0.29, 0.717) is 22.4 Å². The number of rotatable bonds is 2. The predicted octanol–water partition coefficient (Wildman–Crippen LogP) is 2.54. The fourth-order valence-corrected chi connectivity index (χ4v) is 2.13. The van der Waals surface area contributed by atoms with Gasteiger partial charge in [-0.1, -0.05) is 6.07 Å². The number of nitrogens with two attached hydrogens (primary N) is 1. The SMILES string of the molecule is Nc1ccnc2c(Cc3cccnc3C(F)(F)F)[nH]nc12. The summed E-state index contributed by atoms with van der Waals surface area (Å²) in [6, 6.07) is 4.43. The molecule has 0 amide bonds. The van der Waals surface area contributed by atoms with Crippen molar-refractivity contribution in [2.45, 2.75) is 12.6 Å². The second kappa shape index (κ2) is 4.72. The molecule has 21 heavy (non-hydrogen) atoms. The zero-order valence-corrected chi connectivity index (χ0v) is 10.6. The van der Waals surface area contributed by atoms with Gasteiger partial charge in [0.1, 0.15) is 16.7 Å². The molecule has 8 heteroatoms. The van der Waals surface area contributed by atoms with Gasteiger partial charge in [-0.3, -0.25) is 15.1 Å². The smallest absolute Gasteiger partial charge is 0.397 e. The van der Waals surface area contributed by atoms with Gasteiger partial charge in [-0.05, 0) is 17.7 Å². The van der Waals surface area contributed by atoms with Gasteiger partial charge in [0.05, 0.1) is 11.4 Å². The molecule has 0 unspecified atom stereocenters. The molecule has 0 spiro atoms. The Hall–Kier alpha value is -2.64. The van der Waals surface area contributed by atoms with Crippen LogP contribution in [0, 0.1) is 0 Å². The van der Waals surface area contributed by atoms with Crippen LogP contribution in [0.25, 0.3) is 11.0 Å². The van der Waals surface area contributed by atoms with Crippen LogP contribution in [0.15, 0.2) is 30.6 Å².